The van der Waals surface area contributed by atoms with E-state index in [1.54, 1.807) is 0 Å². The lowest BCUT2D eigenvalue weighted by molar-refractivity contribution is 0.770. The van der Waals surface area contributed by atoms with Gasteiger partial charge in [0.25, 0.3) is 0 Å². The molecule has 214 valence electrons. The molecule has 0 saturated carbocycles. The highest BCUT2D eigenvalue weighted by Crippen LogP contribution is 2.58. The van der Waals surface area contributed by atoms with Crippen LogP contribution in [-0.2, 0) is 5.41 Å². The van der Waals surface area contributed by atoms with Crippen molar-refractivity contribution >= 4 is 33.3 Å². The normalized spacial score (nSPS) is 13.7. The Morgan fingerprint density at radius 2 is 0.957 bits per heavy atom. The monoisotopic (exact) mass is 600 g/mol. The lowest BCUT2D eigenvalue weighted by Crippen LogP contribution is -2.28. The average Bonchev–Trinajstić information content (AvgIpc) is 3.40. The number of hydrogen-bond acceptors (Lipinski definition) is 1. The van der Waals surface area contributed by atoms with Crippen molar-refractivity contribution in [3.8, 4) is 33.4 Å². The third-order valence-corrected chi connectivity index (χ3v) is 11.2. The number of rotatable bonds is 3. The summed E-state index contributed by atoms with van der Waals surface area (Å²) in [5.41, 5.74) is 12.6. The standard InChI is InChI=1S/C45H28S/c1-3-16-33(17-4-1)45(34-18-5-2-6-19-34)39-28-32(24-25-36(39)38-26-30-12-7-8-13-31(30)27-40(38)45)35-20-11-23-42-44(35)37-21-9-14-29-15-10-22-41(46-42)43(29)37/h1-28H. The molecule has 0 saturated heterocycles. The maximum Gasteiger partial charge on any atom is 0.0714 e. The first-order valence-electron chi connectivity index (χ1n) is 15.9. The SMILES string of the molecule is c1ccc(C2(c3ccccc3)c3cc(-c4cccc5c4-c4cccc6cccc(c46)S5)ccc3-c3cc4ccccc4cc32)cc1. The maximum atomic E-state index is 2.50. The van der Waals surface area contributed by atoms with Crippen molar-refractivity contribution in [3.05, 3.63) is 192 Å². The van der Waals surface area contributed by atoms with E-state index in [4.69, 9.17) is 0 Å². The van der Waals surface area contributed by atoms with E-state index < -0.39 is 5.41 Å². The van der Waals surface area contributed by atoms with Gasteiger partial charge < -0.3 is 0 Å². The Hall–Kier alpha value is -5.37. The van der Waals surface area contributed by atoms with Crippen molar-refractivity contribution in [2.75, 3.05) is 0 Å². The fraction of sp³-hybridized carbons (Fsp3) is 0.0222. The molecule has 46 heavy (non-hydrogen) atoms. The summed E-state index contributed by atoms with van der Waals surface area (Å²) in [6, 6.07) is 63.4. The van der Waals surface area contributed by atoms with Crippen molar-refractivity contribution < 1.29 is 0 Å². The van der Waals surface area contributed by atoms with Gasteiger partial charge in [-0.1, -0.05) is 151 Å². The molecule has 10 rings (SSSR count). The first-order chi connectivity index (χ1) is 22.8. The quantitative estimate of drug-likeness (QED) is 0.194. The van der Waals surface area contributed by atoms with E-state index in [-0.39, 0.29) is 0 Å². The Morgan fingerprint density at radius 1 is 0.370 bits per heavy atom. The number of fused-ring (bicyclic) bond motifs is 6. The van der Waals surface area contributed by atoms with Gasteiger partial charge in [0, 0.05) is 20.7 Å². The topological polar surface area (TPSA) is 0 Å². The molecule has 0 radical (unpaired) electrons. The van der Waals surface area contributed by atoms with Crippen LogP contribution in [0.25, 0.3) is 54.9 Å². The Bertz CT molecular complexity index is 2450. The Morgan fingerprint density at radius 3 is 1.72 bits per heavy atom. The van der Waals surface area contributed by atoms with Gasteiger partial charge in [-0.25, -0.2) is 0 Å². The molecule has 8 aromatic rings. The van der Waals surface area contributed by atoms with Crippen LogP contribution >= 0.6 is 11.8 Å². The second-order valence-corrected chi connectivity index (χ2v) is 13.5. The van der Waals surface area contributed by atoms with Gasteiger partial charge in [-0.05, 0) is 96.6 Å². The van der Waals surface area contributed by atoms with Crippen molar-refractivity contribution in [2.24, 2.45) is 0 Å². The summed E-state index contributed by atoms with van der Waals surface area (Å²) in [5.74, 6) is 0. The molecule has 0 amide bonds. The summed E-state index contributed by atoms with van der Waals surface area (Å²) >= 11 is 1.89. The first-order valence-corrected chi connectivity index (χ1v) is 16.7. The summed E-state index contributed by atoms with van der Waals surface area (Å²) in [7, 11) is 0. The Balaban J connectivity index is 1.30. The van der Waals surface area contributed by atoms with Crippen LogP contribution in [0.15, 0.2) is 180 Å². The maximum absolute atomic E-state index is 2.50. The fourth-order valence-electron chi connectivity index (χ4n) is 8.19. The smallest absolute Gasteiger partial charge is 0.0714 e. The zero-order chi connectivity index (χ0) is 30.2. The lowest BCUT2D eigenvalue weighted by Gasteiger charge is -2.34. The third kappa shape index (κ3) is 3.52. The summed E-state index contributed by atoms with van der Waals surface area (Å²) < 4.78 is 0. The van der Waals surface area contributed by atoms with Crippen LogP contribution in [0.5, 0.6) is 0 Å². The highest BCUT2D eigenvalue weighted by molar-refractivity contribution is 7.99. The number of benzene rings is 8. The van der Waals surface area contributed by atoms with Gasteiger partial charge in [0.1, 0.15) is 0 Å². The van der Waals surface area contributed by atoms with Crippen molar-refractivity contribution in [1.82, 2.24) is 0 Å². The first kappa shape index (κ1) is 25.9. The minimum absolute atomic E-state index is 0.455. The van der Waals surface area contributed by atoms with Gasteiger partial charge in [-0.3, -0.25) is 0 Å². The molecule has 0 aromatic heterocycles. The molecule has 0 nitrogen and oxygen atoms in total. The van der Waals surface area contributed by atoms with Crippen LogP contribution in [0.3, 0.4) is 0 Å². The molecule has 0 unspecified atom stereocenters. The average molecular weight is 601 g/mol. The highest BCUT2D eigenvalue weighted by Gasteiger charge is 2.46. The molecular weight excluding hydrogens is 573 g/mol. The van der Waals surface area contributed by atoms with Gasteiger partial charge in [0.2, 0.25) is 0 Å². The van der Waals surface area contributed by atoms with Gasteiger partial charge in [-0.15, -0.1) is 0 Å². The molecule has 1 aliphatic carbocycles. The van der Waals surface area contributed by atoms with E-state index in [1.807, 2.05) is 11.8 Å². The molecule has 0 spiro atoms. The van der Waals surface area contributed by atoms with E-state index >= 15 is 0 Å². The fourth-order valence-corrected chi connectivity index (χ4v) is 9.38. The minimum Gasteiger partial charge on any atom is -0.0888 e. The summed E-state index contributed by atoms with van der Waals surface area (Å²) in [6.45, 7) is 0. The molecule has 8 aromatic carbocycles. The third-order valence-electron chi connectivity index (χ3n) is 10.1. The van der Waals surface area contributed by atoms with Gasteiger partial charge in [-0.2, -0.15) is 0 Å². The molecule has 0 N–H and O–H groups in total. The molecule has 0 fully saturated rings. The van der Waals surface area contributed by atoms with Gasteiger partial charge in [0.15, 0.2) is 0 Å². The summed E-state index contributed by atoms with van der Waals surface area (Å²) in [5, 5.41) is 5.20. The van der Waals surface area contributed by atoms with Crippen molar-refractivity contribution in [1.29, 1.82) is 0 Å². The van der Waals surface area contributed by atoms with Crippen LogP contribution in [0, 0.1) is 0 Å². The molecule has 0 bridgehead atoms. The number of hydrogen-bond donors (Lipinski definition) is 0. The molecular formula is C45H28S. The molecule has 1 heterocycles. The lowest BCUT2D eigenvalue weighted by atomic mass is 9.67. The largest absolute Gasteiger partial charge is 0.0888 e. The van der Waals surface area contributed by atoms with Crippen LogP contribution in [0.1, 0.15) is 22.3 Å². The van der Waals surface area contributed by atoms with E-state index in [1.165, 1.54) is 87.0 Å². The van der Waals surface area contributed by atoms with E-state index in [0.29, 0.717) is 0 Å². The van der Waals surface area contributed by atoms with Gasteiger partial charge >= 0.3 is 0 Å². The Labute approximate surface area is 273 Å². The second-order valence-electron chi connectivity index (χ2n) is 12.4. The van der Waals surface area contributed by atoms with Gasteiger partial charge in [0.05, 0.1) is 5.41 Å². The molecule has 1 heteroatoms. The van der Waals surface area contributed by atoms with Crippen LogP contribution in [-0.4, -0.2) is 0 Å². The molecule has 2 aliphatic rings. The van der Waals surface area contributed by atoms with E-state index in [2.05, 4.69) is 170 Å². The van der Waals surface area contributed by atoms with Crippen molar-refractivity contribution in [3.63, 3.8) is 0 Å². The second kappa shape index (κ2) is 9.81. The van der Waals surface area contributed by atoms with Crippen LogP contribution < -0.4 is 0 Å². The predicted molar refractivity (Wildman–Crippen MR) is 194 cm³/mol. The Kier molecular flexibility index (Phi) is 5.53. The zero-order valence-electron chi connectivity index (χ0n) is 25.1. The summed E-state index contributed by atoms with van der Waals surface area (Å²) in [4.78, 5) is 2.65. The van der Waals surface area contributed by atoms with Crippen LogP contribution in [0.4, 0.5) is 0 Å². The van der Waals surface area contributed by atoms with Crippen LogP contribution in [0.2, 0.25) is 0 Å². The summed E-state index contributed by atoms with van der Waals surface area (Å²) in [6.07, 6.45) is 0. The van der Waals surface area contributed by atoms with Crippen molar-refractivity contribution in [2.45, 2.75) is 15.2 Å². The zero-order valence-corrected chi connectivity index (χ0v) is 25.9. The highest BCUT2D eigenvalue weighted by atomic mass is 32.2. The minimum atomic E-state index is -0.455. The van der Waals surface area contributed by atoms with E-state index in [9.17, 15) is 0 Å². The predicted octanol–water partition coefficient (Wildman–Crippen LogP) is 12.2. The molecule has 0 atom stereocenters. The van der Waals surface area contributed by atoms with E-state index in [0.717, 1.165) is 0 Å². The molecule has 1 aliphatic heterocycles.